The van der Waals surface area contributed by atoms with E-state index in [-0.39, 0.29) is 25.0 Å². The van der Waals surface area contributed by atoms with Crippen molar-refractivity contribution >= 4 is 11.9 Å². The molecule has 1 aromatic carbocycles. The summed E-state index contributed by atoms with van der Waals surface area (Å²) in [6.45, 7) is 0.226. The molecule has 1 heterocycles. The number of nitrogens with zero attached hydrogens (tertiary/aromatic N) is 1. The third-order valence-corrected chi connectivity index (χ3v) is 6.83. The Bertz CT molecular complexity index is 781. The van der Waals surface area contributed by atoms with Gasteiger partial charge in [0.15, 0.2) is 11.5 Å². The lowest BCUT2D eigenvalue weighted by Crippen LogP contribution is -2.51. The van der Waals surface area contributed by atoms with Gasteiger partial charge in [-0.05, 0) is 55.7 Å². The van der Waals surface area contributed by atoms with Crippen LogP contribution in [0.4, 0.5) is 0 Å². The number of carbonyl (C=O) groups excluding carboxylic acids is 2. The van der Waals surface area contributed by atoms with Crippen molar-refractivity contribution in [3.63, 3.8) is 0 Å². The summed E-state index contributed by atoms with van der Waals surface area (Å²) in [6, 6.07) is 3.11. The van der Waals surface area contributed by atoms with Crippen LogP contribution in [0.25, 0.3) is 0 Å². The van der Waals surface area contributed by atoms with Crippen molar-refractivity contribution in [2.24, 2.45) is 5.92 Å². The molecule has 0 bridgehead atoms. The van der Waals surface area contributed by atoms with Crippen LogP contribution >= 0.6 is 0 Å². The van der Waals surface area contributed by atoms with Gasteiger partial charge in [0.25, 0.3) is 0 Å². The molecule has 8 heteroatoms. The van der Waals surface area contributed by atoms with Crippen LogP contribution in [0.5, 0.6) is 17.2 Å². The van der Waals surface area contributed by atoms with Crippen LogP contribution in [0.3, 0.4) is 0 Å². The van der Waals surface area contributed by atoms with Gasteiger partial charge in [-0.2, -0.15) is 0 Å². The molecule has 1 saturated heterocycles. The molecule has 2 atom stereocenters. The Morgan fingerprint density at radius 3 is 2.18 bits per heavy atom. The summed E-state index contributed by atoms with van der Waals surface area (Å²) in [4.78, 5) is 28.5. The molecule has 0 unspecified atom stereocenters. The number of methoxy groups -OCH3 is 3. The van der Waals surface area contributed by atoms with E-state index in [9.17, 15) is 9.59 Å². The largest absolute Gasteiger partial charge is 0.493 e. The maximum Gasteiger partial charge on any atom is 0.328 e. The van der Waals surface area contributed by atoms with Crippen molar-refractivity contribution in [2.45, 2.75) is 63.3 Å². The smallest absolute Gasteiger partial charge is 0.328 e. The highest BCUT2D eigenvalue weighted by Crippen LogP contribution is 2.45. The van der Waals surface area contributed by atoms with Crippen LogP contribution in [0, 0.1) is 5.92 Å². The Morgan fingerprint density at radius 1 is 0.970 bits per heavy atom. The first-order chi connectivity index (χ1) is 16.0. The second kappa shape index (κ2) is 12.1. The molecule has 2 aliphatic rings. The number of piperidine rings is 1. The molecule has 3 rings (SSSR count). The lowest BCUT2D eigenvalue weighted by Gasteiger charge is -2.39. The van der Waals surface area contributed by atoms with Crippen molar-refractivity contribution in [1.82, 2.24) is 4.90 Å². The monoisotopic (exact) mass is 463 g/mol. The maximum atomic E-state index is 14.1. The fourth-order valence-corrected chi connectivity index (χ4v) is 5.23. The normalized spacial score (nSPS) is 20.1. The van der Waals surface area contributed by atoms with Crippen molar-refractivity contribution in [3.05, 3.63) is 17.7 Å². The van der Waals surface area contributed by atoms with E-state index in [1.807, 2.05) is 12.1 Å². The number of amides is 1. The van der Waals surface area contributed by atoms with Gasteiger partial charge in [0.2, 0.25) is 11.7 Å². The second-order valence-corrected chi connectivity index (χ2v) is 8.77. The molecular weight excluding hydrogens is 426 g/mol. The minimum Gasteiger partial charge on any atom is -0.493 e. The standard InChI is InChI=1S/C25H37NO7/c1-30-20-15-18(16-21(31-2)23(20)32-3)22(17-9-5-4-6-10-17)24(28)26-12-8-7-11-19(26)25(29)33-14-13-27/h15-17,19,22,27H,4-14H2,1-3H3/t19-,22-/m0/s1. The highest BCUT2D eigenvalue weighted by atomic mass is 16.5. The lowest BCUT2D eigenvalue weighted by molar-refractivity contribution is -0.158. The van der Waals surface area contributed by atoms with Crippen LogP contribution < -0.4 is 14.2 Å². The van der Waals surface area contributed by atoms with E-state index in [1.165, 1.54) is 6.42 Å². The molecular formula is C25H37NO7. The zero-order valence-electron chi connectivity index (χ0n) is 20.0. The predicted octanol–water partition coefficient (Wildman–Crippen LogP) is 3.29. The number of hydrogen-bond acceptors (Lipinski definition) is 7. The first-order valence-electron chi connectivity index (χ1n) is 11.9. The van der Waals surface area contributed by atoms with Gasteiger partial charge < -0.3 is 29.0 Å². The molecule has 1 aromatic rings. The third-order valence-electron chi connectivity index (χ3n) is 6.83. The van der Waals surface area contributed by atoms with Crippen LogP contribution in [0.2, 0.25) is 0 Å². The second-order valence-electron chi connectivity index (χ2n) is 8.77. The Balaban J connectivity index is 2.00. The molecule has 1 aliphatic heterocycles. The number of likely N-dealkylation sites (tertiary alicyclic amines) is 1. The van der Waals surface area contributed by atoms with Gasteiger partial charge in [-0.1, -0.05) is 19.3 Å². The number of esters is 1. The molecule has 0 aromatic heterocycles. The zero-order chi connectivity index (χ0) is 23.8. The molecule has 2 fully saturated rings. The van der Waals surface area contributed by atoms with Crippen LogP contribution in [0.1, 0.15) is 62.8 Å². The van der Waals surface area contributed by atoms with Crippen molar-refractivity contribution in [3.8, 4) is 17.2 Å². The summed E-state index contributed by atoms with van der Waals surface area (Å²) in [5.74, 6) is 0.777. The van der Waals surface area contributed by atoms with E-state index in [2.05, 4.69) is 0 Å². The van der Waals surface area contributed by atoms with Gasteiger partial charge in [-0.25, -0.2) is 4.79 Å². The van der Waals surface area contributed by atoms with Crippen molar-refractivity contribution in [1.29, 1.82) is 0 Å². The molecule has 0 spiro atoms. The summed E-state index contributed by atoms with van der Waals surface area (Å²) in [5.41, 5.74) is 0.814. The highest BCUT2D eigenvalue weighted by Gasteiger charge is 2.40. The van der Waals surface area contributed by atoms with Gasteiger partial charge >= 0.3 is 5.97 Å². The molecule has 8 nitrogen and oxygen atoms in total. The summed E-state index contributed by atoms with van der Waals surface area (Å²) < 4.78 is 21.8. The molecule has 1 saturated carbocycles. The number of carbonyl (C=O) groups is 2. The van der Waals surface area contributed by atoms with E-state index in [0.29, 0.717) is 30.2 Å². The van der Waals surface area contributed by atoms with Gasteiger partial charge in [-0.15, -0.1) is 0 Å². The van der Waals surface area contributed by atoms with E-state index < -0.39 is 17.9 Å². The molecule has 1 aliphatic carbocycles. The fraction of sp³-hybridized carbons (Fsp3) is 0.680. The molecule has 1 amide bonds. The summed E-state index contributed by atoms with van der Waals surface area (Å²) in [6.07, 6.45) is 7.54. The first kappa shape index (κ1) is 25.1. The van der Waals surface area contributed by atoms with Crippen LogP contribution in [-0.4, -0.2) is 69.0 Å². The zero-order valence-corrected chi connectivity index (χ0v) is 20.0. The van der Waals surface area contributed by atoms with Crippen LogP contribution in [0.15, 0.2) is 12.1 Å². The highest BCUT2D eigenvalue weighted by molar-refractivity contribution is 5.89. The number of ether oxygens (including phenoxy) is 4. The summed E-state index contributed by atoms with van der Waals surface area (Å²) in [5, 5.41) is 9.05. The van der Waals surface area contributed by atoms with E-state index in [1.54, 1.807) is 26.2 Å². The maximum absolute atomic E-state index is 14.1. The molecule has 1 N–H and O–H groups in total. The van der Waals surface area contributed by atoms with Gasteiger partial charge in [0.05, 0.1) is 33.9 Å². The average Bonchev–Trinajstić information content (AvgIpc) is 2.87. The number of benzene rings is 1. The quantitative estimate of drug-likeness (QED) is 0.562. The van der Waals surface area contributed by atoms with E-state index in [0.717, 1.165) is 44.1 Å². The third kappa shape index (κ3) is 5.72. The number of hydrogen-bond donors (Lipinski definition) is 1. The fourth-order valence-electron chi connectivity index (χ4n) is 5.23. The Labute approximate surface area is 196 Å². The van der Waals surface area contributed by atoms with Crippen molar-refractivity contribution < 1.29 is 33.6 Å². The first-order valence-corrected chi connectivity index (χ1v) is 11.9. The predicted molar refractivity (Wildman–Crippen MR) is 123 cm³/mol. The van der Waals surface area contributed by atoms with Gasteiger partial charge in [-0.3, -0.25) is 4.79 Å². The summed E-state index contributed by atoms with van der Waals surface area (Å²) >= 11 is 0. The Kier molecular flexibility index (Phi) is 9.23. The molecule has 33 heavy (non-hydrogen) atoms. The van der Waals surface area contributed by atoms with Crippen LogP contribution in [-0.2, 0) is 14.3 Å². The van der Waals surface area contributed by atoms with Gasteiger partial charge in [0, 0.05) is 6.54 Å². The SMILES string of the molecule is COc1cc([C@@H](C(=O)N2CCCC[C@H]2C(=O)OCCO)C2CCCCC2)cc(OC)c1OC. The number of aliphatic hydroxyl groups is 1. The number of rotatable bonds is 9. The summed E-state index contributed by atoms with van der Waals surface area (Å²) in [7, 11) is 4.69. The average molecular weight is 464 g/mol. The number of aliphatic hydroxyl groups excluding tert-OH is 1. The molecule has 0 radical (unpaired) electrons. The molecule has 184 valence electrons. The topological polar surface area (TPSA) is 94.5 Å². The van der Waals surface area contributed by atoms with Crippen molar-refractivity contribution in [2.75, 3.05) is 41.1 Å². The van der Waals surface area contributed by atoms with Gasteiger partial charge in [0.1, 0.15) is 12.6 Å². The minimum absolute atomic E-state index is 0.0539. The Morgan fingerprint density at radius 2 is 1.61 bits per heavy atom. The lowest BCUT2D eigenvalue weighted by atomic mass is 9.75. The van der Waals surface area contributed by atoms with E-state index >= 15 is 0 Å². The minimum atomic E-state index is -0.620. The Hall–Kier alpha value is -2.48. The van der Waals surface area contributed by atoms with E-state index in [4.69, 9.17) is 24.1 Å².